The van der Waals surface area contributed by atoms with Crippen molar-refractivity contribution < 1.29 is 0 Å². The van der Waals surface area contributed by atoms with Gasteiger partial charge in [-0.05, 0) is 43.4 Å². The molecule has 18 heavy (non-hydrogen) atoms. The fourth-order valence-corrected chi connectivity index (χ4v) is 2.90. The summed E-state index contributed by atoms with van der Waals surface area (Å²) in [5.41, 5.74) is 1.23. The lowest BCUT2D eigenvalue weighted by atomic mass is 9.82. The third-order valence-electron chi connectivity index (χ3n) is 3.87. The lowest BCUT2D eigenvalue weighted by Gasteiger charge is -2.31. The quantitative estimate of drug-likeness (QED) is 0.851. The summed E-state index contributed by atoms with van der Waals surface area (Å²) in [7, 11) is 0. The van der Waals surface area contributed by atoms with E-state index in [1.807, 2.05) is 12.3 Å². The lowest BCUT2D eigenvalue weighted by molar-refractivity contribution is 0.261. The van der Waals surface area contributed by atoms with Crippen LogP contribution >= 0.6 is 0 Å². The van der Waals surface area contributed by atoms with Crippen LogP contribution in [0.15, 0.2) is 24.4 Å². The number of pyridine rings is 1. The van der Waals surface area contributed by atoms with Crippen LogP contribution in [0.3, 0.4) is 0 Å². The molecule has 0 spiro atoms. The molecule has 1 aliphatic carbocycles. The Labute approximate surface area is 111 Å². The van der Waals surface area contributed by atoms with Crippen molar-refractivity contribution in [2.45, 2.75) is 52.0 Å². The molecule has 1 N–H and O–H groups in total. The molecule has 1 unspecified atom stereocenters. The van der Waals surface area contributed by atoms with Gasteiger partial charge in [-0.25, -0.2) is 0 Å². The molecule has 1 atom stereocenters. The van der Waals surface area contributed by atoms with E-state index in [0.29, 0.717) is 12.0 Å². The Balaban J connectivity index is 2.06. The first-order valence-corrected chi connectivity index (χ1v) is 7.41. The van der Waals surface area contributed by atoms with E-state index in [2.05, 4.69) is 36.3 Å². The van der Waals surface area contributed by atoms with Crippen LogP contribution in [0, 0.1) is 11.8 Å². The van der Waals surface area contributed by atoms with Gasteiger partial charge in [0.2, 0.25) is 0 Å². The van der Waals surface area contributed by atoms with Crippen LogP contribution in [-0.2, 0) is 0 Å². The van der Waals surface area contributed by atoms with Gasteiger partial charge in [0.25, 0.3) is 0 Å². The molecule has 100 valence electrons. The number of hydrogen-bond acceptors (Lipinski definition) is 2. The summed E-state index contributed by atoms with van der Waals surface area (Å²) in [6.07, 6.45) is 8.81. The summed E-state index contributed by atoms with van der Waals surface area (Å²) < 4.78 is 0. The SMILES string of the molecule is CC(C)CNC(c1ccccn1)C1CCCCC1. The van der Waals surface area contributed by atoms with E-state index in [1.165, 1.54) is 37.8 Å². The van der Waals surface area contributed by atoms with Gasteiger partial charge in [0, 0.05) is 6.20 Å². The van der Waals surface area contributed by atoms with Gasteiger partial charge < -0.3 is 5.32 Å². The van der Waals surface area contributed by atoms with Gasteiger partial charge in [0.1, 0.15) is 0 Å². The predicted molar refractivity (Wildman–Crippen MR) is 76.4 cm³/mol. The van der Waals surface area contributed by atoms with Crippen LogP contribution in [0.5, 0.6) is 0 Å². The molecular formula is C16H26N2. The van der Waals surface area contributed by atoms with E-state index in [0.717, 1.165) is 12.5 Å². The van der Waals surface area contributed by atoms with Crippen molar-refractivity contribution >= 4 is 0 Å². The van der Waals surface area contributed by atoms with Crippen molar-refractivity contribution in [1.29, 1.82) is 0 Å². The first kappa shape index (κ1) is 13.5. The standard InChI is InChI=1S/C16H26N2/c1-13(2)12-18-16(14-8-4-3-5-9-14)15-10-6-7-11-17-15/h6-7,10-11,13-14,16,18H,3-5,8-9,12H2,1-2H3. The average molecular weight is 246 g/mol. The third kappa shape index (κ3) is 3.81. The topological polar surface area (TPSA) is 24.9 Å². The summed E-state index contributed by atoms with van der Waals surface area (Å²) in [4.78, 5) is 4.57. The van der Waals surface area contributed by atoms with Crippen LogP contribution in [0.25, 0.3) is 0 Å². The number of nitrogens with zero attached hydrogens (tertiary/aromatic N) is 1. The highest BCUT2D eigenvalue weighted by Crippen LogP contribution is 2.33. The minimum atomic E-state index is 0.453. The molecule has 0 aliphatic heterocycles. The molecule has 2 heteroatoms. The molecule has 1 saturated carbocycles. The molecule has 2 nitrogen and oxygen atoms in total. The molecule has 1 aromatic rings. The van der Waals surface area contributed by atoms with Gasteiger partial charge in [0.15, 0.2) is 0 Å². The maximum Gasteiger partial charge on any atom is 0.0576 e. The average Bonchev–Trinajstić information content (AvgIpc) is 2.41. The molecule has 0 aromatic carbocycles. The third-order valence-corrected chi connectivity index (χ3v) is 3.87. The maximum absolute atomic E-state index is 4.57. The molecule has 0 saturated heterocycles. The van der Waals surface area contributed by atoms with E-state index in [1.54, 1.807) is 0 Å². The Morgan fingerprint density at radius 1 is 1.22 bits per heavy atom. The van der Waals surface area contributed by atoms with E-state index < -0.39 is 0 Å². The van der Waals surface area contributed by atoms with Crippen LogP contribution in [0.2, 0.25) is 0 Å². The van der Waals surface area contributed by atoms with Gasteiger partial charge >= 0.3 is 0 Å². The van der Waals surface area contributed by atoms with Crippen LogP contribution in [0.4, 0.5) is 0 Å². The summed E-state index contributed by atoms with van der Waals surface area (Å²) >= 11 is 0. The summed E-state index contributed by atoms with van der Waals surface area (Å²) in [6, 6.07) is 6.74. The zero-order valence-electron chi connectivity index (χ0n) is 11.7. The van der Waals surface area contributed by atoms with Gasteiger partial charge in [0.05, 0.1) is 11.7 Å². The fraction of sp³-hybridized carbons (Fsp3) is 0.688. The number of nitrogens with one attached hydrogen (secondary N) is 1. The molecule has 1 heterocycles. The zero-order valence-corrected chi connectivity index (χ0v) is 11.7. The Bertz CT molecular complexity index is 328. The normalized spacial score (nSPS) is 19.1. The van der Waals surface area contributed by atoms with Crippen molar-refractivity contribution in [3.8, 4) is 0 Å². The van der Waals surface area contributed by atoms with Crippen LogP contribution < -0.4 is 5.32 Å². The molecule has 1 fully saturated rings. The summed E-state index contributed by atoms with van der Waals surface area (Å²) in [5.74, 6) is 1.47. The predicted octanol–water partition coefficient (Wildman–Crippen LogP) is 3.95. The molecule has 1 aliphatic rings. The number of aromatic nitrogens is 1. The highest BCUT2D eigenvalue weighted by molar-refractivity contribution is 5.10. The minimum Gasteiger partial charge on any atom is -0.308 e. The maximum atomic E-state index is 4.57. The Morgan fingerprint density at radius 3 is 2.61 bits per heavy atom. The van der Waals surface area contributed by atoms with Crippen molar-refractivity contribution in [1.82, 2.24) is 10.3 Å². The lowest BCUT2D eigenvalue weighted by Crippen LogP contribution is -2.32. The first-order chi connectivity index (χ1) is 8.77. The Morgan fingerprint density at radius 2 is 2.00 bits per heavy atom. The molecule has 0 amide bonds. The van der Waals surface area contributed by atoms with Gasteiger partial charge in [-0.1, -0.05) is 39.2 Å². The Hall–Kier alpha value is -0.890. The van der Waals surface area contributed by atoms with Crippen molar-refractivity contribution in [3.63, 3.8) is 0 Å². The second kappa shape index (κ2) is 6.89. The number of rotatable bonds is 5. The molecule has 1 aromatic heterocycles. The van der Waals surface area contributed by atoms with E-state index >= 15 is 0 Å². The summed E-state index contributed by atoms with van der Waals surface area (Å²) in [6.45, 7) is 5.62. The second-order valence-electron chi connectivity index (χ2n) is 5.93. The molecule has 0 bridgehead atoms. The second-order valence-corrected chi connectivity index (χ2v) is 5.93. The summed E-state index contributed by atoms with van der Waals surface area (Å²) in [5, 5.41) is 3.74. The smallest absolute Gasteiger partial charge is 0.0576 e. The van der Waals surface area contributed by atoms with Gasteiger partial charge in [-0.3, -0.25) is 4.98 Å². The van der Waals surface area contributed by atoms with Gasteiger partial charge in [-0.15, -0.1) is 0 Å². The highest BCUT2D eigenvalue weighted by Gasteiger charge is 2.25. The van der Waals surface area contributed by atoms with Crippen LogP contribution in [-0.4, -0.2) is 11.5 Å². The molecular weight excluding hydrogens is 220 g/mol. The molecule has 0 radical (unpaired) electrons. The first-order valence-electron chi connectivity index (χ1n) is 7.41. The molecule has 2 rings (SSSR count). The van der Waals surface area contributed by atoms with E-state index in [-0.39, 0.29) is 0 Å². The number of hydrogen-bond donors (Lipinski definition) is 1. The van der Waals surface area contributed by atoms with Crippen molar-refractivity contribution in [3.05, 3.63) is 30.1 Å². The zero-order chi connectivity index (χ0) is 12.8. The van der Waals surface area contributed by atoms with E-state index in [9.17, 15) is 0 Å². The fourth-order valence-electron chi connectivity index (χ4n) is 2.90. The Kier molecular flexibility index (Phi) is 5.18. The van der Waals surface area contributed by atoms with Gasteiger partial charge in [-0.2, -0.15) is 0 Å². The van der Waals surface area contributed by atoms with Crippen molar-refractivity contribution in [2.75, 3.05) is 6.54 Å². The minimum absolute atomic E-state index is 0.453. The van der Waals surface area contributed by atoms with Crippen LogP contribution in [0.1, 0.15) is 57.7 Å². The highest BCUT2D eigenvalue weighted by atomic mass is 14.9. The largest absolute Gasteiger partial charge is 0.308 e. The van der Waals surface area contributed by atoms with E-state index in [4.69, 9.17) is 0 Å². The monoisotopic (exact) mass is 246 g/mol. The van der Waals surface area contributed by atoms with Crippen molar-refractivity contribution in [2.24, 2.45) is 11.8 Å².